The first-order chi connectivity index (χ1) is 11.9. The van der Waals surface area contributed by atoms with E-state index in [2.05, 4.69) is 26.1 Å². The standard InChI is InChI=1S/C21H27NO3/c1-21(2,3)16-12-10-15(11-13-16)20(23)22-14-19(25-5)17-8-6-7-9-18(17)24-4/h6-13,19H,14H2,1-5H3,(H,22,23). The first-order valence-corrected chi connectivity index (χ1v) is 8.41. The Labute approximate surface area is 150 Å². The molecule has 1 unspecified atom stereocenters. The molecule has 0 heterocycles. The van der Waals surface area contributed by atoms with E-state index in [1.165, 1.54) is 5.56 Å². The van der Waals surface area contributed by atoms with Gasteiger partial charge in [-0.15, -0.1) is 0 Å². The minimum absolute atomic E-state index is 0.0695. The van der Waals surface area contributed by atoms with E-state index in [1.54, 1.807) is 14.2 Å². The Kier molecular flexibility index (Phi) is 6.21. The van der Waals surface area contributed by atoms with Crippen LogP contribution in [-0.2, 0) is 10.2 Å². The lowest BCUT2D eigenvalue weighted by Crippen LogP contribution is -2.29. The normalized spacial score (nSPS) is 12.5. The molecule has 4 nitrogen and oxygen atoms in total. The Morgan fingerprint density at radius 1 is 1.04 bits per heavy atom. The van der Waals surface area contributed by atoms with Gasteiger partial charge in [0.25, 0.3) is 5.91 Å². The number of carbonyl (C=O) groups excluding carboxylic acids is 1. The predicted octanol–water partition coefficient (Wildman–Crippen LogP) is 4.11. The summed E-state index contributed by atoms with van der Waals surface area (Å²) >= 11 is 0. The fourth-order valence-corrected chi connectivity index (χ4v) is 2.66. The second-order valence-electron chi connectivity index (χ2n) is 7.00. The van der Waals surface area contributed by atoms with E-state index in [4.69, 9.17) is 9.47 Å². The molecule has 0 radical (unpaired) electrons. The summed E-state index contributed by atoms with van der Waals surface area (Å²) in [6.45, 7) is 6.83. The average Bonchev–Trinajstić information content (AvgIpc) is 2.61. The van der Waals surface area contributed by atoms with Gasteiger partial charge in [-0.1, -0.05) is 51.1 Å². The topological polar surface area (TPSA) is 47.6 Å². The smallest absolute Gasteiger partial charge is 0.251 e. The van der Waals surface area contributed by atoms with Crippen LogP contribution in [0, 0.1) is 0 Å². The second kappa shape index (κ2) is 8.17. The van der Waals surface area contributed by atoms with E-state index in [9.17, 15) is 4.79 Å². The fraction of sp³-hybridized carbons (Fsp3) is 0.381. The van der Waals surface area contributed by atoms with E-state index in [0.717, 1.165) is 11.3 Å². The van der Waals surface area contributed by atoms with Crippen molar-refractivity contribution < 1.29 is 14.3 Å². The molecular weight excluding hydrogens is 314 g/mol. The Balaban J connectivity index is 2.05. The number of benzene rings is 2. The molecule has 0 aliphatic heterocycles. The molecule has 2 aromatic carbocycles. The second-order valence-corrected chi connectivity index (χ2v) is 7.00. The van der Waals surface area contributed by atoms with Gasteiger partial charge >= 0.3 is 0 Å². The largest absolute Gasteiger partial charge is 0.496 e. The van der Waals surface area contributed by atoms with Gasteiger partial charge in [-0.2, -0.15) is 0 Å². The zero-order valence-electron chi connectivity index (χ0n) is 15.6. The number of amides is 1. The van der Waals surface area contributed by atoms with Crippen molar-refractivity contribution in [3.05, 3.63) is 65.2 Å². The number of hydrogen-bond donors (Lipinski definition) is 1. The maximum Gasteiger partial charge on any atom is 0.251 e. The van der Waals surface area contributed by atoms with Crippen molar-refractivity contribution in [3.63, 3.8) is 0 Å². The molecule has 25 heavy (non-hydrogen) atoms. The predicted molar refractivity (Wildman–Crippen MR) is 100 cm³/mol. The molecule has 0 saturated carbocycles. The molecule has 4 heteroatoms. The Morgan fingerprint density at radius 3 is 2.24 bits per heavy atom. The molecule has 0 bridgehead atoms. The first kappa shape index (κ1) is 19.0. The summed E-state index contributed by atoms with van der Waals surface area (Å²) < 4.78 is 10.9. The summed E-state index contributed by atoms with van der Waals surface area (Å²) in [6.07, 6.45) is -0.269. The highest BCUT2D eigenvalue weighted by Crippen LogP contribution is 2.26. The Morgan fingerprint density at radius 2 is 1.68 bits per heavy atom. The molecule has 1 N–H and O–H groups in total. The van der Waals surface area contributed by atoms with E-state index >= 15 is 0 Å². The molecule has 0 spiro atoms. The van der Waals surface area contributed by atoms with Crippen molar-refractivity contribution in [2.24, 2.45) is 0 Å². The highest BCUT2D eigenvalue weighted by molar-refractivity contribution is 5.94. The van der Waals surface area contributed by atoms with Gasteiger partial charge in [0.1, 0.15) is 11.9 Å². The molecule has 2 rings (SSSR count). The summed E-state index contributed by atoms with van der Waals surface area (Å²) in [5.74, 6) is 0.635. The van der Waals surface area contributed by atoms with Crippen molar-refractivity contribution in [2.75, 3.05) is 20.8 Å². The van der Waals surface area contributed by atoms with Gasteiger partial charge in [0, 0.05) is 24.8 Å². The summed E-state index contributed by atoms with van der Waals surface area (Å²) in [6, 6.07) is 15.4. The third kappa shape index (κ3) is 4.83. The highest BCUT2D eigenvalue weighted by Gasteiger charge is 2.18. The van der Waals surface area contributed by atoms with Gasteiger partial charge < -0.3 is 14.8 Å². The maximum absolute atomic E-state index is 12.4. The molecule has 0 fully saturated rings. The van der Waals surface area contributed by atoms with Crippen molar-refractivity contribution in [1.29, 1.82) is 0 Å². The zero-order chi connectivity index (χ0) is 18.4. The van der Waals surface area contributed by atoms with E-state index in [0.29, 0.717) is 12.1 Å². The van der Waals surface area contributed by atoms with Crippen LogP contribution in [0.3, 0.4) is 0 Å². The van der Waals surface area contributed by atoms with E-state index in [1.807, 2.05) is 48.5 Å². The number of nitrogens with one attached hydrogen (secondary N) is 1. The van der Waals surface area contributed by atoms with E-state index in [-0.39, 0.29) is 17.4 Å². The number of para-hydroxylation sites is 1. The molecule has 1 atom stereocenters. The first-order valence-electron chi connectivity index (χ1n) is 8.41. The van der Waals surface area contributed by atoms with E-state index < -0.39 is 0 Å². The lowest BCUT2D eigenvalue weighted by atomic mass is 9.87. The minimum Gasteiger partial charge on any atom is -0.496 e. The molecule has 0 saturated heterocycles. The van der Waals surface area contributed by atoms with Crippen molar-refractivity contribution in [1.82, 2.24) is 5.32 Å². The molecule has 1 amide bonds. The SMILES string of the molecule is COc1ccccc1C(CNC(=O)c1ccc(C(C)(C)C)cc1)OC. The van der Waals surface area contributed by atoms with Crippen LogP contribution in [0.4, 0.5) is 0 Å². The van der Waals surface area contributed by atoms with Gasteiger partial charge in [0.15, 0.2) is 0 Å². The van der Waals surface area contributed by atoms with Gasteiger partial charge in [-0.25, -0.2) is 0 Å². The Hall–Kier alpha value is -2.33. The number of methoxy groups -OCH3 is 2. The van der Waals surface area contributed by atoms with Crippen LogP contribution in [0.1, 0.15) is 48.4 Å². The van der Waals surface area contributed by atoms with Crippen LogP contribution < -0.4 is 10.1 Å². The number of carbonyl (C=O) groups is 1. The molecular formula is C21H27NO3. The van der Waals surface area contributed by atoms with Gasteiger partial charge in [-0.05, 0) is 29.2 Å². The molecule has 0 aliphatic rings. The number of hydrogen-bond acceptors (Lipinski definition) is 3. The minimum atomic E-state index is -0.269. The molecule has 134 valence electrons. The average molecular weight is 341 g/mol. The van der Waals surface area contributed by atoms with Gasteiger partial charge in [-0.3, -0.25) is 4.79 Å². The van der Waals surface area contributed by atoms with Crippen LogP contribution in [0.25, 0.3) is 0 Å². The van der Waals surface area contributed by atoms with Gasteiger partial charge in [0.05, 0.1) is 7.11 Å². The van der Waals surface area contributed by atoms with Crippen LogP contribution in [0.2, 0.25) is 0 Å². The lowest BCUT2D eigenvalue weighted by molar-refractivity contribution is 0.0819. The monoisotopic (exact) mass is 341 g/mol. The number of rotatable bonds is 6. The van der Waals surface area contributed by atoms with Crippen LogP contribution in [-0.4, -0.2) is 26.7 Å². The Bertz CT molecular complexity index is 702. The van der Waals surface area contributed by atoms with Crippen molar-refractivity contribution in [2.45, 2.75) is 32.3 Å². The lowest BCUT2D eigenvalue weighted by Gasteiger charge is -2.20. The third-order valence-corrected chi connectivity index (χ3v) is 4.23. The molecule has 0 aliphatic carbocycles. The highest BCUT2D eigenvalue weighted by atomic mass is 16.5. The summed E-state index contributed by atoms with van der Waals surface area (Å²) in [5.41, 5.74) is 2.83. The summed E-state index contributed by atoms with van der Waals surface area (Å²) in [5, 5.41) is 2.94. The third-order valence-electron chi connectivity index (χ3n) is 4.23. The van der Waals surface area contributed by atoms with Crippen LogP contribution in [0.5, 0.6) is 5.75 Å². The summed E-state index contributed by atoms with van der Waals surface area (Å²) in [4.78, 5) is 12.4. The van der Waals surface area contributed by atoms with Crippen LogP contribution in [0.15, 0.2) is 48.5 Å². The summed E-state index contributed by atoms with van der Waals surface area (Å²) in [7, 11) is 3.25. The quantitative estimate of drug-likeness (QED) is 0.860. The number of ether oxygens (including phenoxy) is 2. The fourth-order valence-electron chi connectivity index (χ4n) is 2.66. The van der Waals surface area contributed by atoms with Gasteiger partial charge in [0.2, 0.25) is 0 Å². The maximum atomic E-state index is 12.4. The van der Waals surface area contributed by atoms with Crippen molar-refractivity contribution in [3.8, 4) is 5.75 Å². The van der Waals surface area contributed by atoms with Crippen molar-refractivity contribution >= 4 is 5.91 Å². The zero-order valence-corrected chi connectivity index (χ0v) is 15.6. The van der Waals surface area contributed by atoms with Crippen LogP contribution >= 0.6 is 0 Å². The molecule has 2 aromatic rings. The molecule has 0 aromatic heterocycles.